The Bertz CT molecular complexity index is 824. The lowest BCUT2D eigenvalue weighted by Crippen LogP contribution is -2.14. The van der Waals surface area contributed by atoms with Gasteiger partial charge in [0.15, 0.2) is 5.69 Å². The lowest BCUT2D eigenvalue weighted by Gasteiger charge is -2.07. The monoisotopic (exact) mass is 383 g/mol. The number of aromatic nitrogens is 3. The molecule has 2 aromatic heterocycles. The predicted molar refractivity (Wildman–Crippen MR) is 95.7 cm³/mol. The molecule has 2 N–H and O–H groups in total. The number of nitrogens with zero attached hydrogens (tertiary/aromatic N) is 3. The summed E-state index contributed by atoms with van der Waals surface area (Å²) in [6.45, 7) is 0.589. The van der Waals surface area contributed by atoms with E-state index in [4.69, 9.17) is 0 Å². The molecule has 0 aliphatic carbocycles. The second-order valence-corrected chi connectivity index (χ2v) is 5.90. The van der Waals surface area contributed by atoms with Gasteiger partial charge in [0, 0.05) is 29.1 Å². The van der Waals surface area contributed by atoms with Gasteiger partial charge in [-0.15, -0.1) is 10.2 Å². The van der Waals surface area contributed by atoms with Gasteiger partial charge in [-0.05, 0) is 42.0 Å². The molecule has 0 spiro atoms. The van der Waals surface area contributed by atoms with Crippen LogP contribution in [0.3, 0.4) is 0 Å². The van der Waals surface area contributed by atoms with Crippen LogP contribution in [-0.4, -0.2) is 21.1 Å². The number of anilines is 2. The zero-order chi connectivity index (χ0) is 16.8. The van der Waals surface area contributed by atoms with Gasteiger partial charge in [0.25, 0.3) is 5.91 Å². The molecule has 2 heterocycles. The molecule has 0 aliphatic heterocycles. The molecule has 3 aromatic rings. The van der Waals surface area contributed by atoms with Gasteiger partial charge in [0.1, 0.15) is 5.82 Å². The molecule has 1 aromatic carbocycles. The molecule has 0 saturated heterocycles. The summed E-state index contributed by atoms with van der Waals surface area (Å²) >= 11 is 3.36. The Kier molecular flexibility index (Phi) is 5.12. The highest BCUT2D eigenvalue weighted by Crippen LogP contribution is 2.16. The highest BCUT2D eigenvalue weighted by Gasteiger charge is 2.09. The molecule has 3 rings (SSSR count). The molecule has 0 saturated carbocycles. The topological polar surface area (TPSA) is 79.8 Å². The van der Waals surface area contributed by atoms with Gasteiger partial charge in [-0.3, -0.25) is 9.78 Å². The minimum atomic E-state index is -0.306. The first-order chi connectivity index (χ1) is 11.7. The summed E-state index contributed by atoms with van der Waals surface area (Å²) in [5, 5.41) is 13.9. The number of hydrogen-bond donors (Lipinski definition) is 2. The van der Waals surface area contributed by atoms with Crippen LogP contribution in [0.1, 0.15) is 16.1 Å². The largest absolute Gasteiger partial charge is 0.364 e. The van der Waals surface area contributed by atoms with E-state index in [1.165, 1.54) is 0 Å². The summed E-state index contributed by atoms with van der Waals surface area (Å²) in [7, 11) is 0. The minimum Gasteiger partial charge on any atom is -0.364 e. The molecular formula is C17H14BrN5O. The van der Waals surface area contributed by atoms with E-state index in [1.807, 2.05) is 30.3 Å². The standard InChI is InChI=1S/C17H14BrN5O/c18-13-4-1-5-14(9-13)21-17(24)15-6-7-16(23-22-15)20-11-12-3-2-8-19-10-12/h1-10H,11H2,(H,20,23)(H,21,24). The first-order valence-electron chi connectivity index (χ1n) is 7.24. The molecule has 120 valence electrons. The van der Waals surface area contributed by atoms with Crippen molar-refractivity contribution in [2.24, 2.45) is 0 Å². The van der Waals surface area contributed by atoms with Crippen LogP contribution < -0.4 is 10.6 Å². The summed E-state index contributed by atoms with van der Waals surface area (Å²) in [5.41, 5.74) is 1.98. The first kappa shape index (κ1) is 16.1. The third kappa shape index (κ3) is 4.36. The number of carbonyl (C=O) groups is 1. The summed E-state index contributed by atoms with van der Waals surface area (Å²) < 4.78 is 0.890. The molecule has 6 nitrogen and oxygen atoms in total. The smallest absolute Gasteiger partial charge is 0.276 e. The molecular weight excluding hydrogens is 370 g/mol. The van der Waals surface area contributed by atoms with Crippen molar-refractivity contribution in [3.05, 3.63) is 76.7 Å². The molecule has 0 fully saturated rings. The summed E-state index contributed by atoms with van der Waals surface area (Å²) in [6, 6.07) is 14.5. The SMILES string of the molecule is O=C(Nc1cccc(Br)c1)c1ccc(NCc2cccnc2)nn1. The van der Waals surface area contributed by atoms with Gasteiger partial charge in [0.05, 0.1) is 0 Å². The third-order valence-electron chi connectivity index (χ3n) is 3.18. The normalized spacial score (nSPS) is 10.2. The van der Waals surface area contributed by atoms with Crippen molar-refractivity contribution < 1.29 is 4.79 Å². The lowest BCUT2D eigenvalue weighted by atomic mass is 10.3. The third-order valence-corrected chi connectivity index (χ3v) is 3.67. The summed E-state index contributed by atoms with van der Waals surface area (Å²) in [6.07, 6.45) is 3.50. The number of nitrogens with one attached hydrogen (secondary N) is 2. The second kappa shape index (κ2) is 7.65. The van der Waals surface area contributed by atoms with Crippen LogP contribution in [0, 0.1) is 0 Å². The average Bonchev–Trinajstić information content (AvgIpc) is 2.61. The molecule has 0 radical (unpaired) electrons. The van der Waals surface area contributed by atoms with E-state index in [2.05, 4.69) is 41.7 Å². The fourth-order valence-electron chi connectivity index (χ4n) is 2.00. The number of benzene rings is 1. The maximum absolute atomic E-state index is 12.2. The number of rotatable bonds is 5. The van der Waals surface area contributed by atoms with Crippen molar-refractivity contribution in [3.63, 3.8) is 0 Å². The van der Waals surface area contributed by atoms with Crippen molar-refractivity contribution in [1.29, 1.82) is 0 Å². The van der Waals surface area contributed by atoms with Gasteiger partial charge in [0.2, 0.25) is 0 Å². The molecule has 7 heteroatoms. The lowest BCUT2D eigenvalue weighted by molar-refractivity contribution is 0.102. The van der Waals surface area contributed by atoms with E-state index in [0.717, 1.165) is 10.0 Å². The Morgan fingerprint density at radius 2 is 2.00 bits per heavy atom. The van der Waals surface area contributed by atoms with E-state index in [0.29, 0.717) is 18.1 Å². The van der Waals surface area contributed by atoms with Crippen LogP contribution in [0.25, 0.3) is 0 Å². The van der Waals surface area contributed by atoms with Gasteiger partial charge in [-0.2, -0.15) is 0 Å². The Balaban J connectivity index is 1.60. The zero-order valence-electron chi connectivity index (χ0n) is 12.6. The van der Waals surface area contributed by atoms with Crippen LogP contribution in [0.15, 0.2) is 65.4 Å². The highest BCUT2D eigenvalue weighted by atomic mass is 79.9. The predicted octanol–water partition coefficient (Wildman–Crippen LogP) is 3.50. The van der Waals surface area contributed by atoms with Gasteiger partial charge < -0.3 is 10.6 Å². The second-order valence-electron chi connectivity index (χ2n) is 4.98. The maximum Gasteiger partial charge on any atom is 0.276 e. The molecule has 0 bridgehead atoms. The van der Waals surface area contributed by atoms with E-state index >= 15 is 0 Å². The van der Waals surface area contributed by atoms with Gasteiger partial charge in [-0.25, -0.2) is 0 Å². The van der Waals surface area contributed by atoms with Gasteiger partial charge in [-0.1, -0.05) is 28.1 Å². The molecule has 0 aliphatic rings. The van der Waals surface area contributed by atoms with Crippen molar-refractivity contribution >= 4 is 33.3 Å². The Hall–Kier alpha value is -2.80. The van der Waals surface area contributed by atoms with Crippen LogP contribution in [0.4, 0.5) is 11.5 Å². The van der Waals surface area contributed by atoms with Crippen molar-refractivity contribution in [2.75, 3.05) is 10.6 Å². The van der Waals surface area contributed by atoms with E-state index < -0.39 is 0 Å². The minimum absolute atomic E-state index is 0.252. The molecule has 0 atom stereocenters. The van der Waals surface area contributed by atoms with Crippen LogP contribution in [-0.2, 0) is 6.54 Å². The molecule has 0 unspecified atom stereocenters. The number of hydrogen-bond acceptors (Lipinski definition) is 5. The van der Waals surface area contributed by atoms with Crippen molar-refractivity contribution in [1.82, 2.24) is 15.2 Å². The number of pyridine rings is 1. The van der Waals surface area contributed by atoms with E-state index in [1.54, 1.807) is 30.6 Å². The molecule has 1 amide bonds. The summed E-state index contributed by atoms with van der Waals surface area (Å²) in [4.78, 5) is 16.2. The fourth-order valence-corrected chi connectivity index (χ4v) is 2.40. The fraction of sp³-hybridized carbons (Fsp3) is 0.0588. The van der Waals surface area contributed by atoms with Crippen molar-refractivity contribution in [3.8, 4) is 0 Å². The van der Waals surface area contributed by atoms with E-state index in [9.17, 15) is 4.79 Å². The quantitative estimate of drug-likeness (QED) is 0.704. The maximum atomic E-state index is 12.2. The Morgan fingerprint density at radius 1 is 1.08 bits per heavy atom. The van der Waals surface area contributed by atoms with E-state index in [-0.39, 0.29) is 11.6 Å². The Labute approximate surface area is 147 Å². The number of halogens is 1. The highest BCUT2D eigenvalue weighted by molar-refractivity contribution is 9.10. The van der Waals surface area contributed by atoms with Crippen LogP contribution in [0.2, 0.25) is 0 Å². The van der Waals surface area contributed by atoms with Crippen LogP contribution in [0.5, 0.6) is 0 Å². The molecule has 24 heavy (non-hydrogen) atoms. The first-order valence-corrected chi connectivity index (χ1v) is 8.03. The Morgan fingerprint density at radius 3 is 2.71 bits per heavy atom. The number of amides is 1. The van der Waals surface area contributed by atoms with Crippen molar-refractivity contribution in [2.45, 2.75) is 6.54 Å². The average molecular weight is 384 g/mol. The summed E-state index contributed by atoms with van der Waals surface area (Å²) in [5.74, 6) is 0.289. The van der Waals surface area contributed by atoms with Crippen LogP contribution >= 0.6 is 15.9 Å². The number of carbonyl (C=O) groups excluding carboxylic acids is 1. The van der Waals surface area contributed by atoms with Gasteiger partial charge >= 0.3 is 0 Å². The zero-order valence-corrected chi connectivity index (χ0v) is 14.2.